The fourth-order valence-corrected chi connectivity index (χ4v) is 3.79. The Kier molecular flexibility index (Phi) is 4.58. The van der Waals surface area contributed by atoms with E-state index in [1.807, 2.05) is 45.0 Å². The van der Waals surface area contributed by atoms with Crippen LogP contribution < -0.4 is 0 Å². The van der Waals surface area contributed by atoms with Crippen LogP contribution >= 0.6 is 11.3 Å². The standard InChI is InChI=1S/C18H22N2O3S/c1-18(2,3)23-17(22)20-10-8-12(9-11-20)15(21)16-19-13-6-4-5-7-14(13)24-16/h4-7,12H,8-11H2,1-3H3. The van der Waals surface area contributed by atoms with Crippen molar-refractivity contribution in [3.05, 3.63) is 29.3 Å². The van der Waals surface area contributed by atoms with Crippen LogP contribution in [-0.2, 0) is 4.74 Å². The van der Waals surface area contributed by atoms with Gasteiger partial charge >= 0.3 is 6.09 Å². The molecule has 0 aliphatic carbocycles. The Hall–Kier alpha value is -1.95. The van der Waals surface area contributed by atoms with Crippen LogP contribution in [0, 0.1) is 5.92 Å². The molecule has 0 spiro atoms. The number of benzene rings is 1. The number of para-hydroxylation sites is 1. The molecule has 3 rings (SSSR count). The van der Waals surface area contributed by atoms with Gasteiger partial charge in [0.05, 0.1) is 10.2 Å². The van der Waals surface area contributed by atoms with Crippen molar-refractivity contribution in [2.24, 2.45) is 5.92 Å². The molecule has 0 saturated carbocycles. The molecule has 6 heteroatoms. The Morgan fingerprint density at radius 3 is 2.50 bits per heavy atom. The molecule has 0 radical (unpaired) electrons. The third-order valence-corrected chi connectivity index (χ3v) is 5.07. The predicted octanol–water partition coefficient (Wildman–Crippen LogP) is 4.13. The number of Topliss-reactive ketones (excluding diaryl/α,β-unsaturated/α-hetero) is 1. The van der Waals surface area contributed by atoms with E-state index in [-0.39, 0.29) is 17.8 Å². The number of piperidine rings is 1. The highest BCUT2D eigenvalue weighted by atomic mass is 32.1. The number of amides is 1. The number of rotatable bonds is 2. The van der Waals surface area contributed by atoms with Gasteiger partial charge in [-0.1, -0.05) is 12.1 Å². The summed E-state index contributed by atoms with van der Waals surface area (Å²) in [6.45, 7) is 6.67. The number of carbonyl (C=O) groups excluding carboxylic acids is 2. The first kappa shape index (κ1) is 16.9. The third-order valence-electron chi connectivity index (χ3n) is 4.02. The van der Waals surface area contributed by atoms with Gasteiger partial charge in [-0.2, -0.15) is 0 Å². The maximum absolute atomic E-state index is 12.7. The number of hydrogen-bond acceptors (Lipinski definition) is 5. The van der Waals surface area contributed by atoms with E-state index in [1.54, 1.807) is 4.90 Å². The van der Waals surface area contributed by atoms with Crippen molar-refractivity contribution in [2.45, 2.75) is 39.2 Å². The fraction of sp³-hybridized carbons (Fsp3) is 0.500. The van der Waals surface area contributed by atoms with Gasteiger partial charge in [-0.15, -0.1) is 11.3 Å². The summed E-state index contributed by atoms with van der Waals surface area (Å²) in [4.78, 5) is 30.9. The average molecular weight is 346 g/mol. The van der Waals surface area contributed by atoms with Crippen molar-refractivity contribution in [3.63, 3.8) is 0 Å². The molecule has 1 fully saturated rings. The molecule has 1 aromatic carbocycles. The summed E-state index contributed by atoms with van der Waals surface area (Å²) in [7, 11) is 0. The maximum atomic E-state index is 12.7. The summed E-state index contributed by atoms with van der Waals surface area (Å²) in [5.74, 6) is 0.0317. The molecule has 1 amide bonds. The second-order valence-corrected chi connectivity index (χ2v) is 8.12. The molecule has 0 N–H and O–H groups in total. The third kappa shape index (κ3) is 3.75. The molecule has 24 heavy (non-hydrogen) atoms. The predicted molar refractivity (Wildman–Crippen MR) is 94.5 cm³/mol. The largest absolute Gasteiger partial charge is 0.444 e. The molecule has 0 atom stereocenters. The number of thiazole rings is 1. The molecular weight excluding hydrogens is 324 g/mol. The highest BCUT2D eigenvalue weighted by Gasteiger charge is 2.31. The molecule has 2 aromatic rings. The molecular formula is C18H22N2O3S. The Morgan fingerprint density at radius 2 is 1.88 bits per heavy atom. The Morgan fingerprint density at radius 1 is 1.21 bits per heavy atom. The number of aromatic nitrogens is 1. The second-order valence-electron chi connectivity index (χ2n) is 7.09. The van der Waals surface area contributed by atoms with E-state index in [0.717, 1.165) is 10.2 Å². The van der Waals surface area contributed by atoms with Crippen LogP contribution in [-0.4, -0.2) is 40.5 Å². The van der Waals surface area contributed by atoms with Gasteiger partial charge in [0.15, 0.2) is 10.8 Å². The molecule has 5 nitrogen and oxygen atoms in total. The van der Waals surface area contributed by atoms with E-state index in [9.17, 15) is 9.59 Å². The normalized spacial score (nSPS) is 16.4. The molecule has 1 aromatic heterocycles. The lowest BCUT2D eigenvalue weighted by atomic mass is 9.93. The highest BCUT2D eigenvalue weighted by molar-refractivity contribution is 7.20. The number of fused-ring (bicyclic) bond motifs is 1. The summed E-state index contributed by atoms with van der Waals surface area (Å²) in [6.07, 6.45) is 1.02. The van der Waals surface area contributed by atoms with Crippen molar-refractivity contribution < 1.29 is 14.3 Å². The van der Waals surface area contributed by atoms with E-state index < -0.39 is 5.60 Å². The maximum Gasteiger partial charge on any atom is 0.410 e. The van der Waals surface area contributed by atoms with Gasteiger partial charge in [0.25, 0.3) is 0 Å². The monoisotopic (exact) mass is 346 g/mol. The molecule has 1 aliphatic rings. The van der Waals surface area contributed by atoms with Crippen LogP contribution in [0.5, 0.6) is 0 Å². The Labute approximate surface area is 145 Å². The second kappa shape index (κ2) is 6.51. The molecule has 2 heterocycles. The SMILES string of the molecule is CC(C)(C)OC(=O)N1CCC(C(=O)c2nc3ccccc3s2)CC1. The van der Waals surface area contributed by atoms with Crippen LogP contribution in [0.2, 0.25) is 0 Å². The number of carbonyl (C=O) groups is 2. The lowest BCUT2D eigenvalue weighted by Gasteiger charge is -2.32. The molecule has 1 aliphatic heterocycles. The first-order valence-electron chi connectivity index (χ1n) is 8.21. The lowest BCUT2D eigenvalue weighted by molar-refractivity contribution is 0.0182. The smallest absolute Gasteiger partial charge is 0.410 e. The van der Waals surface area contributed by atoms with E-state index >= 15 is 0 Å². The molecule has 0 bridgehead atoms. The van der Waals surface area contributed by atoms with E-state index in [2.05, 4.69) is 4.98 Å². The lowest BCUT2D eigenvalue weighted by Crippen LogP contribution is -2.43. The summed E-state index contributed by atoms with van der Waals surface area (Å²) in [6, 6.07) is 7.78. The van der Waals surface area contributed by atoms with Crippen molar-refractivity contribution in [3.8, 4) is 0 Å². The van der Waals surface area contributed by atoms with Crippen LogP contribution in [0.1, 0.15) is 43.4 Å². The van der Waals surface area contributed by atoms with E-state index in [1.165, 1.54) is 11.3 Å². The van der Waals surface area contributed by atoms with Crippen LogP contribution in [0.3, 0.4) is 0 Å². The number of likely N-dealkylation sites (tertiary alicyclic amines) is 1. The van der Waals surface area contributed by atoms with Crippen molar-refractivity contribution in [2.75, 3.05) is 13.1 Å². The summed E-state index contributed by atoms with van der Waals surface area (Å²) in [5.41, 5.74) is 0.377. The first-order valence-corrected chi connectivity index (χ1v) is 9.03. The number of nitrogens with zero attached hydrogens (tertiary/aromatic N) is 2. The minimum absolute atomic E-state index is 0.0655. The topological polar surface area (TPSA) is 59.5 Å². The Balaban J connectivity index is 1.62. The summed E-state index contributed by atoms with van der Waals surface area (Å²) < 4.78 is 6.42. The van der Waals surface area contributed by atoms with Crippen LogP contribution in [0.4, 0.5) is 4.79 Å². The number of hydrogen-bond donors (Lipinski definition) is 0. The Bertz CT molecular complexity index is 722. The summed E-state index contributed by atoms with van der Waals surface area (Å²) in [5, 5.41) is 0.576. The van der Waals surface area contributed by atoms with Crippen molar-refractivity contribution in [1.29, 1.82) is 0 Å². The van der Waals surface area contributed by atoms with Crippen molar-refractivity contribution in [1.82, 2.24) is 9.88 Å². The zero-order valence-electron chi connectivity index (χ0n) is 14.2. The minimum Gasteiger partial charge on any atom is -0.444 e. The fourth-order valence-electron chi connectivity index (χ4n) is 2.80. The van der Waals surface area contributed by atoms with E-state index in [0.29, 0.717) is 30.9 Å². The zero-order chi connectivity index (χ0) is 17.3. The van der Waals surface area contributed by atoms with Gasteiger partial charge in [-0.3, -0.25) is 4.79 Å². The first-order chi connectivity index (χ1) is 11.3. The van der Waals surface area contributed by atoms with Gasteiger partial charge in [-0.25, -0.2) is 9.78 Å². The molecule has 1 saturated heterocycles. The number of ether oxygens (including phenoxy) is 1. The summed E-state index contributed by atoms with van der Waals surface area (Å²) >= 11 is 1.45. The van der Waals surface area contributed by atoms with Gasteiger partial charge in [-0.05, 0) is 45.7 Å². The van der Waals surface area contributed by atoms with Gasteiger partial charge < -0.3 is 9.64 Å². The van der Waals surface area contributed by atoms with Gasteiger partial charge in [0, 0.05) is 19.0 Å². The quantitative estimate of drug-likeness (QED) is 0.767. The van der Waals surface area contributed by atoms with Crippen LogP contribution in [0.25, 0.3) is 10.2 Å². The van der Waals surface area contributed by atoms with Gasteiger partial charge in [0.1, 0.15) is 5.60 Å². The van der Waals surface area contributed by atoms with Gasteiger partial charge in [0.2, 0.25) is 0 Å². The van der Waals surface area contributed by atoms with Crippen molar-refractivity contribution >= 4 is 33.4 Å². The zero-order valence-corrected chi connectivity index (χ0v) is 15.1. The average Bonchev–Trinajstić information content (AvgIpc) is 2.96. The van der Waals surface area contributed by atoms with Crippen LogP contribution in [0.15, 0.2) is 24.3 Å². The number of ketones is 1. The minimum atomic E-state index is -0.495. The molecule has 128 valence electrons. The highest BCUT2D eigenvalue weighted by Crippen LogP contribution is 2.28. The molecule has 0 unspecified atom stereocenters. The van der Waals surface area contributed by atoms with E-state index in [4.69, 9.17) is 4.74 Å².